The number of aromatic nitrogens is 1. The zero-order chi connectivity index (χ0) is 11.3. The molecule has 0 atom stereocenters. The van der Waals surface area contributed by atoms with Gasteiger partial charge >= 0.3 is 6.18 Å². The molecule has 1 aromatic rings. The average molecular weight is 217 g/mol. The van der Waals surface area contributed by atoms with Crippen molar-refractivity contribution >= 4 is 6.08 Å². The van der Waals surface area contributed by atoms with Crippen molar-refractivity contribution in [3.05, 3.63) is 35.7 Å². The largest absolute Gasteiger partial charge is 0.433 e. The van der Waals surface area contributed by atoms with Gasteiger partial charge in [-0.15, -0.1) is 0 Å². The Morgan fingerprint density at radius 3 is 2.73 bits per heavy atom. The Bertz CT molecular complexity index is 347. The van der Waals surface area contributed by atoms with Crippen molar-refractivity contribution in [3.63, 3.8) is 0 Å². The second-order valence-corrected chi connectivity index (χ2v) is 2.85. The van der Waals surface area contributed by atoms with Gasteiger partial charge in [0.15, 0.2) is 5.69 Å². The van der Waals surface area contributed by atoms with Gasteiger partial charge in [0.2, 0.25) is 0 Å². The summed E-state index contributed by atoms with van der Waals surface area (Å²) in [5.41, 5.74) is -0.891. The third-order valence-electron chi connectivity index (χ3n) is 1.70. The summed E-state index contributed by atoms with van der Waals surface area (Å²) in [7, 11) is 0. The quantitative estimate of drug-likeness (QED) is 0.843. The van der Waals surface area contributed by atoms with E-state index in [1.165, 1.54) is 24.3 Å². The van der Waals surface area contributed by atoms with Crippen LogP contribution in [0.3, 0.4) is 0 Å². The minimum absolute atomic E-state index is 0.0125. The highest BCUT2D eigenvalue weighted by atomic mass is 19.4. The van der Waals surface area contributed by atoms with Gasteiger partial charge in [-0.25, -0.2) is 0 Å². The van der Waals surface area contributed by atoms with Gasteiger partial charge in [-0.2, -0.15) is 13.2 Å². The van der Waals surface area contributed by atoms with Crippen molar-refractivity contribution in [1.82, 2.24) is 4.98 Å². The zero-order valence-electron chi connectivity index (χ0n) is 7.83. The van der Waals surface area contributed by atoms with Crippen LogP contribution in [0.15, 0.2) is 24.4 Å². The lowest BCUT2D eigenvalue weighted by Crippen LogP contribution is -2.09. The lowest BCUT2D eigenvalue weighted by molar-refractivity contribution is -0.141. The van der Waals surface area contributed by atoms with Gasteiger partial charge in [0.1, 0.15) is 0 Å². The van der Waals surface area contributed by atoms with Gasteiger partial charge in [-0.3, -0.25) is 4.98 Å². The van der Waals surface area contributed by atoms with E-state index in [1.54, 1.807) is 0 Å². The molecule has 0 aliphatic heterocycles. The Hall–Kier alpha value is -1.36. The second-order valence-electron chi connectivity index (χ2n) is 2.85. The molecular weight excluding hydrogens is 207 g/mol. The molecule has 0 bridgehead atoms. The third-order valence-corrected chi connectivity index (χ3v) is 1.70. The molecule has 5 heteroatoms. The van der Waals surface area contributed by atoms with E-state index in [1.807, 2.05) is 0 Å². The van der Waals surface area contributed by atoms with Crippen molar-refractivity contribution in [2.24, 2.45) is 0 Å². The maximum atomic E-state index is 12.4. The first-order valence-corrected chi connectivity index (χ1v) is 4.35. The predicted octanol–water partition coefficient (Wildman–Crippen LogP) is 2.50. The molecule has 15 heavy (non-hydrogen) atoms. The Morgan fingerprint density at radius 1 is 1.40 bits per heavy atom. The van der Waals surface area contributed by atoms with Crippen molar-refractivity contribution in [2.45, 2.75) is 12.6 Å². The molecule has 2 nitrogen and oxygen atoms in total. The third kappa shape index (κ3) is 3.36. The van der Waals surface area contributed by atoms with Gasteiger partial charge in [-0.1, -0.05) is 18.2 Å². The number of aliphatic hydroxyl groups is 1. The van der Waals surface area contributed by atoms with Crippen molar-refractivity contribution in [2.75, 3.05) is 6.61 Å². The monoisotopic (exact) mass is 217 g/mol. The summed E-state index contributed by atoms with van der Waals surface area (Å²) < 4.78 is 37.2. The molecule has 0 aliphatic rings. The Morgan fingerprint density at radius 2 is 2.13 bits per heavy atom. The Kier molecular flexibility index (Phi) is 3.85. The molecule has 0 amide bonds. The highest BCUT2D eigenvalue weighted by molar-refractivity contribution is 5.52. The van der Waals surface area contributed by atoms with E-state index >= 15 is 0 Å². The van der Waals surface area contributed by atoms with Crippen LogP contribution in [0, 0.1) is 0 Å². The summed E-state index contributed by atoms with van der Waals surface area (Å²) in [6, 6.07) is 2.78. The van der Waals surface area contributed by atoms with E-state index in [-0.39, 0.29) is 12.2 Å². The van der Waals surface area contributed by atoms with E-state index in [0.717, 1.165) is 6.20 Å². The summed E-state index contributed by atoms with van der Waals surface area (Å²) in [5.74, 6) is 0. The van der Waals surface area contributed by atoms with Crippen LogP contribution in [0.5, 0.6) is 0 Å². The van der Waals surface area contributed by atoms with Crippen LogP contribution in [-0.2, 0) is 6.18 Å². The van der Waals surface area contributed by atoms with Crippen molar-refractivity contribution in [1.29, 1.82) is 0 Å². The smallest absolute Gasteiger partial charge is 0.396 e. The average Bonchev–Trinajstić information content (AvgIpc) is 2.17. The fourth-order valence-corrected chi connectivity index (χ4v) is 1.07. The summed E-state index contributed by atoms with van der Waals surface area (Å²) in [4.78, 5) is 3.29. The van der Waals surface area contributed by atoms with E-state index in [4.69, 9.17) is 5.11 Å². The molecular formula is C10H10F3NO. The van der Waals surface area contributed by atoms with Crippen LogP contribution in [-0.4, -0.2) is 16.7 Å². The minimum Gasteiger partial charge on any atom is -0.396 e. The Balaban J connectivity index is 2.97. The fraction of sp³-hybridized carbons (Fsp3) is 0.300. The number of aliphatic hydroxyl groups excluding tert-OH is 1. The van der Waals surface area contributed by atoms with Crippen LogP contribution in [0.2, 0.25) is 0 Å². The number of pyridine rings is 1. The van der Waals surface area contributed by atoms with Gasteiger partial charge in [-0.05, 0) is 12.5 Å². The SMILES string of the molecule is OCCC=Cc1cccnc1C(F)(F)F. The number of rotatable bonds is 3. The van der Waals surface area contributed by atoms with Crippen LogP contribution in [0.1, 0.15) is 17.7 Å². The maximum absolute atomic E-state index is 12.4. The van der Waals surface area contributed by atoms with E-state index in [9.17, 15) is 13.2 Å². The van der Waals surface area contributed by atoms with E-state index < -0.39 is 11.9 Å². The molecule has 0 fully saturated rings. The van der Waals surface area contributed by atoms with Crippen LogP contribution in [0.25, 0.3) is 6.08 Å². The molecule has 0 saturated carbocycles. The van der Waals surface area contributed by atoms with Crippen LogP contribution < -0.4 is 0 Å². The molecule has 0 unspecified atom stereocenters. The van der Waals surface area contributed by atoms with Gasteiger partial charge < -0.3 is 5.11 Å². The van der Waals surface area contributed by atoms with Crippen LogP contribution in [0.4, 0.5) is 13.2 Å². The van der Waals surface area contributed by atoms with E-state index in [2.05, 4.69) is 4.98 Å². The van der Waals surface area contributed by atoms with Gasteiger partial charge in [0.05, 0.1) is 0 Å². The normalized spacial score (nSPS) is 12.3. The molecule has 1 N–H and O–H groups in total. The molecule has 1 rings (SSSR count). The Labute approximate surface area is 85.1 Å². The summed E-state index contributed by atoms with van der Waals surface area (Å²) >= 11 is 0. The first-order valence-electron chi connectivity index (χ1n) is 4.35. The van der Waals surface area contributed by atoms with E-state index in [0.29, 0.717) is 6.42 Å². The molecule has 0 aromatic carbocycles. The lowest BCUT2D eigenvalue weighted by atomic mass is 10.1. The predicted molar refractivity (Wildman–Crippen MR) is 50.0 cm³/mol. The molecule has 0 aliphatic carbocycles. The molecule has 82 valence electrons. The fourth-order valence-electron chi connectivity index (χ4n) is 1.07. The lowest BCUT2D eigenvalue weighted by Gasteiger charge is -2.07. The number of hydrogen-bond acceptors (Lipinski definition) is 2. The van der Waals surface area contributed by atoms with Crippen LogP contribution >= 0.6 is 0 Å². The topological polar surface area (TPSA) is 33.1 Å². The highest BCUT2D eigenvalue weighted by Gasteiger charge is 2.34. The maximum Gasteiger partial charge on any atom is 0.433 e. The first kappa shape index (κ1) is 11.7. The van der Waals surface area contributed by atoms with Crippen molar-refractivity contribution in [3.8, 4) is 0 Å². The number of halogens is 3. The molecule has 0 spiro atoms. The first-order chi connectivity index (χ1) is 7.05. The standard InChI is InChI=1S/C10H10F3NO/c11-10(12,13)9-8(4-1-2-7-15)5-3-6-14-9/h1,3-6,15H,2,7H2. The summed E-state index contributed by atoms with van der Waals surface area (Å²) in [5, 5.41) is 8.48. The number of hydrogen-bond donors (Lipinski definition) is 1. The molecule has 0 saturated heterocycles. The summed E-state index contributed by atoms with van der Waals surface area (Å²) in [6.07, 6.45) is -0.225. The highest BCUT2D eigenvalue weighted by Crippen LogP contribution is 2.30. The summed E-state index contributed by atoms with van der Waals surface area (Å²) in [6.45, 7) is -0.0852. The zero-order valence-corrected chi connectivity index (χ0v) is 7.83. The molecule has 0 radical (unpaired) electrons. The minimum atomic E-state index is -4.44. The number of nitrogens with zero attached hydrogens (tertiary/aromatic N) is 1. The number of alkyl halides is 3. The molecule has 1 aromatic heterocycles. The molecule has 1 heterocycles. The van der Waals surface area contributed by atoms with Crippen molar-refractivity contribution < 1.29 is 18.3 Å². The van der Waals surface area contributed by atoms with Gasteiger partial charge in [0, 0.05) is 18.4 Å². The second kappa shape index (κ2) is 4.93. The van der Waals surface area contributed by atoms with Gasteiger partial charge in [0.25, 0.3) is 0 Å².